The monoisotopic (exact) mass is 358 g/mol. The lowest BCUT2D eigenvalue weighted by atomic mass is 10.1. The van der Waals surface area contributed by atoms with E-state index in [1.165, 1.54) is 0 Å². The zero-order valence-corrected chi connectivity index (χ0v) is 15.8. The molecule has 0 bridgehead atoms. The molecule has 1 fully saturated rings. The van der Waals surface area contributed by atoms with Crippen LogP contribution in [0.5, 0.6) is 0 Å². The van der Waals surface area contributed by atoms with E-state index in [4.69, 9.17) is 4.74 Å². The minimum absolute atomic E-state index is 0.0951. The Labute approximate surface area is 153 Å². The predicted molar refractivity (Wildman–Crippen MR) is 97.9 cm³/mol. The minimum atomic E-state index is -0.252. The summed E-state index contributed by atoms with van der Waals surface area (Å²) in [5.41, 5.74) is 3.07. The standard InChI is InChI=1S/C18H26N6O2/c1-12-9-16(19-3)22-18(21-12)15-11-26-8-7-24(15)17(25)6-5-14-10-20-23(4)13(14)2/h9-10,15H,5-8,11H2,1-4H3,(H,19,21,22)/t15-/m1/s1. The molecule has 1 aliphatic heterocycles. The number of rotatable bonds is 5. The van der Waals surface area contributed by atoms with Crippen LogP contribution < -0.4 is 5.32 Å². The third-order valence-electron chi connectivity index (χ3n) is 4.82. The van der Waals surface area contributed by atoms with Crippen LogP contribution in [0, 0.1) is 13.8 Å². The van der Waals surface area contributed by atoms with Crippen LogP contribution in [0.15, 0.2) is 12.3 Å². The van der Waals surface area contributed by atoms with Crippen LogP contribution in [0.4, 0.5) is 5.82 Å². The third kappa shape index (κ3) is 3.85. The molecule has 2 aromatic rings. The van der Waals surface area contributed by atoms with Gasteiger partial charge in [-0.05, 0) is 25.8 Å². The van der Waals surface area contributed by atoms with Crippen molar-refractivity contribution >= 4 is 11.7 Å². The fraction of sp³-hybridized carbons (Fsp3) is 0.556. The summed E-state index contributed by atoms with van der Waals surface area (Å²) in [7, 11) is 3.73. The Bertz CT molecular complexity index is 788. The van der Waals surface area contributed by atoms with Gasteiger partial charge in [-0.1, -0.05) is 0 Å². The highest BCUT2D eigenvalue weighted by molar-refractivity contribution is 5.77. The van der Waals surface area contributed by atoms with E-state index in [2.05, 4.69) is 20.4 Å². The molecular formula is C18H26N6O2. The van der Waals surface area contributed by atoms with Crippen LogP contribution in [0.25, 0.3) is 0 Å². The van der Waals surface area contributed by atoms with Gasteiger partial charge in [0.05, 0.1) is 19.4 Å². The van der Waals surface area contributed by atoms with E-state index < -0.39 is 0 Å². The van der Waals surface area contributed by atoms with Gasteiger partial charge < -0.3 is 15.0 Å². The molecule has 0 saturated carbocycles. The van der Waals surface area contributed by atoms with Crippen molar-refractivity contribution in [3.05, 3.63) is 35.0 Å². The number of aromatic nitrogens is 4. The maximum atomic E-state index is 12.9. The average molecular weight is 358 g/mol. The van der Waals surface area contributed by atoms with E-state index in [1.807, 2.05) is 49.8 Å². The van der Waals surface area contributed by atoms with Crippen molar-refractivity contribution in [1.29, 1.82) is 0 Å². The van der Waals surface area contributed by atoms with Crippen LogP contribution in [0.2, 0.25) is 0 Å². The lowest BCUT2D eigenvalue weighted by Gasteiger charge is -2.35. The quantitative estimate of drug-likeness (QED) is 0.870. The second-order valence-corrected chi connectivity index (χ2v) is 6.56. The summed E-state index contributed by atoms with van der Waals surface area (Å²) in [5.74, 6) is 1.47. The Kier molecular flexibility index (Phi) is 5.51. The lowest BCUT2D eigenvalue weighted by molar-refractivity contribution is -0.140. The smallest absolute Gasteiger partial charge is 0.223 e. The van der Waals surface area contributed by atoms with Crippen molar-refractivity contribution < 1.29 is 9.53 Å². The van der Waals surface area contributed by atoms with Gasteiger partial charge >= 0.3 is 0 Å². The zero-order valence-electron chi connectivity index (χ0n) is 15.8. The maximum absolute atomic E-state index is 12.9. The van der Waals surface area contributed by atoms with Crippen molar-refractivity contribution in [2.24, 2.45) is 7.05 Å². The number of nitrogens with one attached hydrogen (secondary N) is 1. The van der Waals surface area contributed by atoms with Gasteiger partial charge in [0.15, 0.2) is 5.82 Å². The highest BCUT2D eigenvalue weighted by atomic mass is 16.5. The summed E-state index contributed by atoms with van der Waals surface area (Å²) >= 11 is 0. The molecule has 0 radical (unpaired) electrons. The molecule has 1 aliphatic rings. The number of ether oxygens (including phenoxy) is 1. The zero-order chi connectivity index (χ0) is 18.7. The fourth-order valence-electron chi connectivity index (χ4n) is 3.16. The van der Waals surface area contributed by atoms with Crippen molar-refractivity contribution in [3.8, 4) is 0 Å². The lowest BCUT2D eigenvalue weighted by Crippen LogP contribution is -2.44. The van der Waals surface area contributed by atoms with Crippen molar-refractivity contribution in [3.63, 3.8) is 0 Å². The molecule has 0 aliphatic carbocycles. The molecule has 0 spiro atoms. The number of aryl methyl sites for hydroxylation is 3. The van der Waals surface area contributed by atoms with Crippen LogP contribution in [-0.2, 0) is 23.0 Å². The van der Waals surface area contributed by atoms with Gasteiger partial charge in [0.1, 0.15) is 11.9 Å². The first-order valence-corrected chi connectivity index (χ1v) is 8.87. The average Bonchev–Trinajstić information content (AvgIpc) is 2.97. The van der Waals surface area contributed by atoms with Crippen LogP contribution >= 0.6 is 0 Å². The summed E-state index contributed by atoms with van der Waals surface area (Å²) in [4.78, 5) is 23.8. The van der Waals surface area contributed by atoms with E-state index >= 15 is 0 Å². The highest BCUT2D eigenvalue weighted by Gasteiger charge is 2.31. The second kappa shape index (κ2) is 7.82. The predicted octanol–water partition coefficient (Wildman–Crippen LogP) is 1.40. The molecule has 0 aromatic carbocycles. The Balaban J connectivity index is 1.75. The molecule has 0 unspecified atom stereocenters. The third-order valence-corrected chi connectivity index (χ3v) is 4.82. The fourth-order valence-corrected chi connectivity index (χ4v) is 3.16. The summed E-state index contributed by atoms with van der Waals surface area (Å²) in [5, 5.41) is 7.28. The Morgan fingerprint density at radius 3 is 2.88 bits per heavy atom. The van der Waals surface area contributed by atoms with Gasteiger partial charge in [0.25, 0.3) is 0 Å². The van der Waals surface area contributed by atoms with Gasteiger partial charge in [0, 0.05) is 44.5 Å². The van der Waals surface area contributed by atoms with Crippen LogP contribution in [-0.4, -0.2) is 57.4 Å². The summed E-state index contributed by atoms with van der Waals surface area (Å²) in [6, 6.07) is 1.63. The van der Waals surface area contributed by atoms with Gasteiger partial charge in [-0.3, -0.25) is 9.48 Å². The maximum Gasteiger partial charge on any atom is 0.223 e. The van der Waals surface area contributed by atoms with E-state index in [1.54, 1.807) is 0 Å². The molecule has 2 aromatic heterocycles. The van der Waals surface area contributed by atoms with E-state index in [-0.39, 0.29) is 11.9 Å². The molecule has 3 rings (SSSR count). The van der Waals surface area contributed by atoms with Crippen molar-refractivity contribution in [2.45, 2.75) is 32.7 Å². The first-order valence-electron chi connectivity index (χ1n) is 8.87. The Morgan fingerprint density at radius 1 is 1.38 bits per heavy atom. The first-order chi connectivity index (χ1) is 12.5. The molecule has 8 heteroatoms. The summed E-state index contributed by atoms with van der Waals surface area (Å²) in [6.07, 6.45) is 2.95. The van der Waals surface area contributed by atoms with Gasteiger partial charge in [-0.2, -0.15) is 5.10 Å². The molecule has 3 heterocycles. The number of hydrogen-bond donors (Lipinski definition) is 1. The molecular weight excluding hydrogens is 332 g/mol. The number of nitrogens with zero attached hydrogens (tertiary/aromatic N) is 5. The van der Waals surface area contributed by atoms with Crippen molar-refractivity contribution in [2.75, 3.05) is 32.1 Å². The number of hydrogen-bond acceptors (Lipinski definition) is 6. The number of morpholine rings is 1. The van der Waals surface area contributed by atoms with Gasteiger partial charge in [0.2, 0.25) is 5.91 Å². The number of carbonyl (C=O) groups excluding carboxylic acids is 1. The second-order valence-electron chi connectivity index (χ2n) is 6.56. The van der Waals surface area contributed by atoms with Crippen LogP contribution in [0.3, 0.4) is 0 Å². The molecule has 26 heavy (non-hydrogen) atoms. The largest absolute Gasteiger partial charge is 0.377 e. The first kappa shape index (κ1) is 18.3. The summed E-state index contributed by atoms with van der Waals surface area (Å²) < 4.78 is 7.44. The van der Waals surface area contributed by atoms with Gasteiger partial charge in [-0.15, -0.1) is 0 Å². The molecule has 1 atom stereocenters. The number of carbonyl (C=O) groups is 1. The SMILES string of the molecule is CNc1cc(C)nc([C@H]2COCCN2C(=O)CCc2cnn(C)c2C)n1. The van der Waals surface area contributed by atoms with Crippen molar-refractivity contribution in [1.82, 2.24) is 24.6 Å². The highest BCUT2D eigenvalue weighted by Crippen LogP contribution is 2.24. The van der Waals surface area contributed by atoms with Crippen LogP contribution in [0.1, 0.15) is 35.2 Å². The Hall–Kier alpha value is -2.48. The number of amides is 1. The normalized spacial score (nSPS) is 17.4. The van der Waals surface area contributed by atoms with Gasteiger partial charge in [-0.25, -0.2) is 9.97 Å². The van der Waals surface area contributed by atoms with E-state index in [9.17, 15) is 4.79 Å². The van der Waals surface area contributed by atoms with E-state index in [0.717, 1.165) is 22.8 Å². The molecule has 140 valence electrons. The van der Waals surface area contributed by atoms with E-state index in [0.29, 0.717) is 38.4 Å². The molecule has 1 N–H and O–H groups in total. The topological polar surface area (TPSA) is 85.2 Å². The molecule has 8 nitrogen and oxygen atoms in total. The summed E-state index contributed by atoms with van der Waals surface area (Å²) in [6.45, 7) is 5.46. The minimum Gasteiger partial charge on any atom is -0.377 e. The molecule has 1 amide bonds. The Morgan fingerprint density at radius 2 is 2.19 bits per heavy atom. The number of anilines is 1. The molecule has 1 saturated heterocycles.